The predicted molar refractivity (Wildman–Crippen MR) is 108 cm³/mol. The lowest BCUT2D eigenvalue weighted by Gasteiger charge is -2.30. The van der Waals surface area contributed by atoms with Crippen LogP contribution in [0.4, 0.5) is 17.6 Å². The minimum absolute atomic E-state index is 0.0976. The summed E-state index contributed by atoms with van der Waals surface area (Å²) in [7, 11) is 0. The maximum Gasteiger partial charge on any atom is 0.424 e. The molecule has 9 heteroatoms. The van der Waals surface area contributed by atoms with Crippen LogP contribution >= 0.6 is 11.6 Å². The second kappa shape index (κ2) is 7.86. The zero-order chi connectivity index (χ0) is 22.2. The largest absolute Gasteiger partial charge is 0.490 e. The minimum Gasteiger partial charge on any atom is -0.490 e. The Hall–Kier alpha value is -3.10. The van der Waals surface area contributed by atoms with Crippen molar-refractivity contribution in [3.05, 3.63) is 89.3 Å². The van der Waals surface area contributed by atoms with Gasteiger partial charge < -0.3 is 9.84 Å². The predicted octanol–water partition coefficient (Wildman–Crippen LogP) is 5.65. The van der Waals surface area contributed by atoms with E-state index in [0.717, 1.165) is 0 Å². The van der Waals surface area contributed by atoms with E-state index in [2.05, 4.69) is 5.10 Å². The second-order valence-electron chi connectivity index (χ2n) is 6.91. The van der Waals surface area contributed by atoms with Gasteiger partial charge in [0.05, 0.1) is 17.4 Å². The van der Waals surface area contributed by atoms with Crippen LogP contribution in [0.1, 0.15) is 5.56 Å². The molecule has 0 spiro atoms. The molecule has 1 N–H and O–H groups in total. The number of alkyl halides is 3. The van der Waals surface area contributed by atoms with E-state index < -0.39 is 29.8 Å². The standard InChI is InChI=1S/C22H15ClF4N2O2/c23-16-2-1-3-19(11-16)31-13-21(30,22(25,26)27)15-4-9-20-14(10-15)12-28-29(20)18-7-5-17(24)6-8-18/h1-12,30H,13H2. The van der Waals surface area contributed by atoms with Gasteiger partial charge in [-0.2, -0.15) is 18.3 Å². The average Bonchev–Trinajstić information content (AvgIpc) is 3.15. The van der Waals surface area contributed by atoms with Crippen LogP contribution in [-0.2, 0) is 5.60 Å². The van der Waals surface area contributed by atoms with Gasteiger partial charge >= 0.3 is 6.18 Å². The monoisotopic (exact) mass is 450 g/mol. The topological polar surface area (TPSA) is 47.3 Å². The van der Waals surface area contributed by atoms with Gasteiger partial charge in [0.1, 0.15) is 18.2 Å². The molecule has 0 saturated heterocycles. The number of fused-ring (bicyclic) bond motifs is 1. The number of benzene rings is 3. The highest BCUT2D eigenvalue weighted by atomic mass is 35.5. The van der Waals surface area contributed by atoms with Crippen molar-refractivity contribution in [1.29, 1.82) is 0 Å². The number of aliphatic hydroxyl groups is 1. The fourth-order valence-electron chi connectivity index (χ4n) is 3.15. The lowest BCUT2D eigenvalue weighted by molar-refractivity contribution is -0.275. The average molecular weight is 451 g/mol. The molecule has 3 aromatic carbocycles. The first-order valence-corrected chi connectivity index (χ1v) is 9.47. The van der Waals surface area contributed by atoms with Crippen LogP contribution in [0.15, 0.2) is 72.9 Å². The zero-order valence-corrected chi connectivity index (χ0v) is 16.5. The van der Waals surface area contributed by atoms with Gasteiger partial charge in [-0.15, -0.1) is 0 Å². The maximum absolute atomic E-state index is 13.9. The first-order chi connectivity index (χ1) is 14.7. The molecule has 0 bridgehead atoms. The van der Waals surface area contributed by atoms with Gasteiger partial charge in [-0.3, -0.25) is 0 Å². The second-order valence-corrected chi connectivity index (χ2v) is 7.35. The Morgan fingerprint density at radius 1 is 1.00 bits per heavy atom. The number of rotatable bonds is 5. The van der Waals surface area contributed by atoms with Crippen LogP contribution < -0.4 is 4.74 Å². The number of hydrogen-bond acceptors (Lipinski definition) is 3. The van der Waals surface area contributed by atoms with E-state index in [1.807, 2.05) is 0 Å². The van der Waals surface area contributed by atoms with E-state index in [1.54, 1.807) is 6.07 Å². The maximum atomic E-state index is 13.9. The van der Waals surface area contributed by atoms with Gasteiger partial charge in [0.2, 0.25) is 5.60 Å². The lowest BCUT2D eigenvalue weighted by atomic mass is 9.93. The summed E-state index contributed by atoms with van der Waals surface area (Å²) in [6, 6.07) is 15.2. The molecule has 0 aliphatic heterocycles. The van der Waals surface area contributed by atoms with Crippen molar-refractivity contribution in [2.24, 2.45) is 0 Å². The van der Waals surface area contributed by atoms with Crippen LogP contribution in [-0.4, -0.2) is 27.7 Å². The highest BCUT2D eigenvalue weighted by Gasteiger charge is 2.56. The van der Waals surface area contributed by atoms with E-state index in [9.17, 15) is 22.7 Å². The number of hydrogen-bond donors (Lipinski definition) is 1. The third kappa shape index (κ3) is 4.08. The zero-order valence-electron chi connectivity index (χ0n) is 15.8. The van der Waals surface area contributed by atoms with Crippen molar-refractivity contribution < 1.29 is 27.4 Å². The molecule has 0 saturated carbocycles. The summed E-state index contributed by atoms with van der Waals surface area (Å²) in [6.45, 7) is -1.06. The summed E-state index contributed by atoms with van der Waals surface area (Å²) in [5.41, 5.74) is -2.62. The number of halogens is 5. The summed E-state index contributed by atoms with van der Waals surface area (Å²) < 4.78 is 61.5. The molecule has 0 aliphatic carbocycles. The van der Waals surface area contributed by atoms with E-state index in [4.69, 9.17) is 16.3 Å². The van der Waals surface area contributed by atoms with Gasteiger partial charge in [0.15, 0.2) is 0 Å². The molecule has 0 fully saturated rings. The molecule has 1 unspecified atom stereocenters. The molecule has 160 valence electrons. The van der Waals surface area contributed by atoms with Crippen LogP contribution in [0.5, 0.6) is 5.75 Å². The normalized spacial score (nSPS) is 13.9. The Balaban J connectivity index is 1.70. The molecule has 31 heavy (non-hydrogen) atoms. The molecular weight excluding hydrogens is 436 g/mol. The Morgan fingerprint density at radius 2 is 1.74 bits per heavy atom. The summed E-state index contributed by atoms with van der Waals surface area (Å²) in [5.74, 6) is -0.321. The molecule has 1 atom stereocenters. The van der Waals surface area contributed by atoms with Crippen molar-refractivity contribution in [2.45, 2.75) is 11.8 Å². The van der Waals surface area contributed by atoms with Crippen LogP contribution in [0.25, 0.3) is 16.6 Å². The third-order valence-electron chi connectivity index (χ3n) is 4.83. The Bertz CT molecular complexity index is 1220. The molecular formula is C22H15ClF4N2O2. The SMILES string of the molecule is OC(COc1cccc(Cl)c1)(c1ccc2c(cnn2-c2ccc(F)cc2)c1)C(F)(F)F. The number of nitrogens with zero attached hydrogens (tertiary/aromatic N) is 2. The third-order valence-corrected chi connectivity index (χ3v) is 5.06. The number of aromatic nitrogens is 2. The highest BCUT2D eigenvalue weighted by Crippen LogP contribution is 2.40. The molecule has 0 aliphatic rings. The molecule has 4 nitrogen and oxygen atoms in total. The Kier molecular flexibility index (Phi) is 5.36. The van der Waals surface area contributed by atoms with Gasteiger partial charge in [0, 0.05) is 10.4 Å². The van der Waals surface area contributed by atoms with Crippen LogP contribution in [0.3, 0.4) is 0 Å². The molecule has 4 aromatic rings. The van der Waals surface area contributed by atoms with Gasteiger partial charge in [-0.1, -0.05) is 23.7 Å². The first kappa shape index (κ1) is 21.1. The first-order valence-electron chi connectivity index (χ1n) is 9.09. The quantitative estimate of drug-likeness (QED) is 0.400. The highest BCUT2D eigenvalue weighted by molar-refractivity contribution is 6.30. The fourth-order valence-corrected chi connectivity index (χ4v) is 3.33. The summed E-state index contributed by atoms with van der Waals surface area (Å²) in [4.78, 5) is 0. The van der Waals surface area contributed by atoms with Crippen molar-refractivity contribution in [3.63, 3.8) is 0 Å². The van der Waals surface area contributed by atoms with Crippen LogP contribution in [0.2, 0.25) is 5.02 Å². The Morgan fingerprint density at radius 3 is 2.42 bits per heavy atom. The van der Waals surface area contributed by atoms with Gasteiger partial charge in [0.25, 0.3) is 0 Å². The molecule has 0 radical (unpaired) electrons. The molecule has 1 aromatic heterocycles. The van der Waals surface area contributed by atoms with Crippen molar-refractivity contribution in [2.75, 3.05) is 6.61 Å². The van der Waals surface area contributed by atoms with Gasteiger partial charge in [-0.05, 0) is 60.2 Å². The number of ether oxygens (including phenoxy) is 1. The summed E-state index contributed by atoms with van der Waals surface area (Å²) >= 11 is 5.83. The fraction of sp³-hybridized carbons (Fsp3) is 0.136. The lowest BCUT2D eigenvalue weighted by Crippen LogP contribution is -2.47. The van der Waals surface area contributed by atoms with E-state index in [1.165, 1.54) is 71.5 Å². The van der Waals surface area contributed by atoms with Gasteiger partial charge in [-0.25, -0.2) is 9.07 Å². The summed E-state index contributed by atoms with van der Waals surface area (Å²) in [6.07, 6.45) is -3.64. The minimum atomic E-state index is -5.01. The van der Waals surface area contributed by atoms with Crippen molar-refractivity contribution in [1.82, 2.24) is 9.78 Å². The smallest absolute Gasteiger partial charge is 0.424 e. The van der Waals surface area contributed by atoms with E-state index in [-0.39, 0.29) is 5.75 Å². The Labute approximate surface area is 179 Å². The van der Waals surface area contributed by atoms with Crippen molar-refractivity contribution in [3.8, 4) is 11.4 Å². The molecule has 0 amide bonds. The molecule has 4 rings (SSSR count). The molecule has 1 heterocycles. The van der Waals surface area contributed by atoms with E-state index >= 15 is 0 Å². The van der Waals surface area contributed by atoms with Crippen molar-refractivity contribution >= 4 is 22.5 Å². The van der Waals surface area contributed by atoms with Crippen LogP contribution in [0, 0.1) is 5.82 Å². The van der Waals surface area contributed by atoms with E-state index in [0.29, 0.717) is 21.6 Å². The summed E-state index contributed by atoms with van der Waals surface area (Å²) in [5, 5.41) is 15.4.